The van der Waals surface area contributed by atoms with Crippen LogP contribution in [0.3, 0.4) is 0 Å². The van der Waals surface area contributed by atoms with Gasteiger partial charge in [0.05, 0.1) is 5.41 Å². The van der Waals surface area contributed by atoms with Crippen molar-refractivity contribution in [3.05, 3.63) is 0 Å². The van der Waals surface area contributed by atoms with Crippen LogP contribution in [0.25, 0.3) is 0 Å². The minimum absolute atomic E-state index is 0.0557. The third-order valence-corrected chi connectivity index (χ3v) is 5.13. The van der Waals surface area contributed by atoms with Gasteiger partial charge in [0.15, 0.2) is 0 Å². The summed E-state index contributed by atoms with van der Waals surface area (Å²) >= 11 is 0. The van der Waals surface area contributed by atoms with Gasteiger partial charge in [-0.1, -0.05) is 6.42 Å². The molecule has 2 heterocycles. The van der Waals surface area contributed by atoms with Crippen LogP contribution >= 0.6 is 0 Å². The van der Waals surface area contributed by atoms with Crippen molar-refractivity contribution in [3.63, 3.8) is 0 Å². The van der Waals surface area contributed by atoms with Crippen LogP contribution in [0.2, 0.25) is 0 Å². The molecule has 4 nitrogen and oxygen atoms in total. The van der Waals surface area contributed by atoms with Crippen LogP contribution < -0.4 is 0 Å². The van der Waals surface area contributed by atoms with Gasteiger partial charge in [-0.3, -0.25) is 4.79 Å². The van der Waals surface area contributed by atoms with Gasteiger partial charge in [-0.05, 0) is 45.4 Å². The zero-order valence-corrected chi connectivity index (χ0v) is 10.8. The predicted molar refractivity (Wildman–Crippen MR) is 62.8 cm³/mol. The van der Waals surface area contributed by atoms with Crippen LogP contribution in [0.5, 0.6) is 0 Å². The molecular formula is C14H20O4. The van der Waals surface area contributed by atoms with E-state index in [2.05, 4.69) is 0 Å². The second kappa shape index (κ2) is 3.48. The average Bonchev–Trinajstić information content (AvgIpc) is 3.26. The first-order chi connectivity index (χ1) is 8.65. The number of hydrogen-bond acceptors (Lipinski definition) is 4. The van der Waals surface area contributed by atoms with Gasteiger partial charge in [0.2, 0.25) is 5.79 Å². The van der Waals surface area contributed by atoms with Gasteiger partial charge < -0.3 is 14.2 Å². The molecule has 0 aromatic rings. The molecule has 2 saturated heterocycles. The molecule has 100 valence electrons. The van der Waals surface area contributed by atoms with E-state index < -0.39 is 5.41 Å². The molecule has 2 aliphatic carbocycles. The first-order valence-corrected chi connectivity index (χ1v) is 7.22. The summed E-state index contributed by atoms with van der Waals surface area (Å²) in [5, 5.41) is 0. The summed E-state index contributed by atoms with van der Waals surface area (Å²) in [6, 6.07) is 0. The highest BCUT2D eigenvalue weighted by molar-refractivity contribution is 5.79. The van der Waals surface area contributed by atoms with Crippen LogP contribution in [-0.4, -0.2) is 30.1 Å². The third-order valence-electron chi connectivity index (χ3n) is 5.13. The summed E-state index contributed by atoms with van der Waals surface area (Å²) in [7, 11) is 0. The van der Waals surface area contributed by atoms with Crippen molar-refractivity contribution in [1.82, 2.24) is 0 Å². The SMILES string of the molecule is CC1(C(=O)OC2CCCCC2)CCC2OC23OC13. The molecule has 2 saturated carbocycles. The minimum Gasteiger partial charge on any atom is -0.462 e. The maximum atomic E-state index is 12.4. The average molecular weight is 252 g/mol. The number of rotatable bonds is 2. The third kappa shape index (κ3) is 1.42. The highest BCUT2D eigenvalue weighted by atomic mass is 16.9. The Morgan fingerprint density at radius 2 is 1.94 bits per heavy atom. The topological polar surface area (TPSA) is 51.4 Å². The largest absolute Gasteiger partial charge is 0.462 e. The van der Waals surface area contributed by atoms with Crippen molar-refractivity contribution >= 4 is 5.97 Å². The number of ether oxygens (including phenoxy) is 3. The van der Waals surface area contributed by atoms with E-state index in [-0.39, 0.29) is 30.1 Å². The van der Waals surface area contributed by atoms with E-state index in [1.165, 1.54) is 19.3 Å². The van der Waals surface area contributed by atoms with Crippen molar-refractivity contribution in [2.45, 2.75) is 76.0 Å². The highest BCUT2D eigenvalue weighted by Crippen LogP contribution is 2.67. The van der Waals surface area contributed by atoms with Crippen LogP contribution in [0.1, 0.15) is 51.9 Å². The van der Waals surface area contributed by atoms with Crippen LogP contribution in [-0.2, 0) is 19.0 Å². The summed E-state index contributed by atoms with van der Waals surface area (Å²) in [5.41, 5.74) is -0.482. The molecule has 0 radical (unpaired) electrons. The Kier molecular flexibility index (Phi) is 2.17. The van der Waals surface area contributed by atoms with Crippen LogP contribution in [0.15, 0.2) is 0 Å². The van der Waals surface area contributed by atoms with E-state index in [1.807, 2.05) is 6.92 Å². The Balaban J connectivity index is 1.44. The fourth-order valence-electron chi connectivity index (χ4n) is 3.75. The number of hydrogen-bond donors (Lipinski definition) is 0. The van der Waals surface area contributed by atoms with Gasteiger partial charge in [-0.25, -0.2) is 0 Å². The molecule has 1 spiro atoms. The van der Waals surface area contributed by atoms with Crippen molar-refractivity contribution in [3.8, 4) is 0 Å². The molecule has 4 heteroatoms. The predicted octanol–water partition coefficient (Wildman–Crippen LogP) is 2.16. The fourth-order valence-corrected chi connectivity index (χ4v) is 3.75. The van der Waals surface area contributed by atoms with Gasteiger partial charge in [-0.2, -0.15) is 0 Å². The van der Waals surface area contributed by atoms with Gasteiger partial charge in [0.25, 0.3) is 0 Å². The number of carbonyl (C=O) groups excluding carboxylic acids is 1. The lowest BCUT2D eigenvalue weighted by Crippen LogP contribution is -2.41. The van der Waals surface area contributed by atoms with E-state index in [0.29, 0.717) is 0 Å². The van der Waals surface area contributed by atoms with Crippen molar-refractivity contribution in [1.29, 1.82) is 0 Å². The summed E-state index contributed by atoms with van der Waals surface area (Å²) in [5.74, 6) is -0.441. The van der Waals surface area contributed by atoms with Crippen molar-refractivity contribution in [2.24, 2.45) is 5.41 Å². The van der Waals surface area contributed by atoms with Gasteiger partial charge in [0.1, 0.15) is 18.3 Å². The van der Waals surface area contributed by atoms with Gasteiger partial charge >= 0.3 is 5.97 Å². The van der Waals surface area contributed by atoms with Crippen LogP contribution in [0.4, 0.5) is 0 Å². The minimum atomic E-state index is -0.482. The quantitative estimate of drug-likeness (QED) is 0.558. The lowest BCUT2D eigenvalue weighted by Gasteiger charge is -2.30. The summed E-state index contributed by atoms with van der Waals surface area (Å²) in [6.07, 6.45) is 7.77. The molecule has 4 aliphatic rings. The Labute approximate surface area is 107 Å². The Bertz CT molecular complexity index is 389. The number of carbonyl (C=O) groups is 1. The Morgan fingerprint density at radius 3 is 2.72 bits per heavy atom. The lowest BCUT2D eigenvalue weighted by molar-refractivity contribution is -0.164. The molecular weight excluding hydrogens is 232 g/mol. The highest BCUT2D eigenvalue weighted by Gasteiger charge is 2.84. The zero-order valence-electron chi connectivity index (χ0n) is 10.8. The standard InChI is InChI=1S/C14H20O4/c1-13(8-7-10-14(17-10)11(13)18-14)12(15)16-9-5-3-2-4-6-9/h9-11H,2-8H2,1H3. The molecule has 2 aliphatic heterocycles. The van der Waals surface area contributed by atoms with Crippen LogP contribution in [0, 0.1) is 5.41 Å². The molecule has 4 unspecified atom stereocenters. The smallest absolute Gasteiger partial charge is 0.314 e. The van der Waals surface area contributed by atoms with E-state index >= 15 is 0 Å². The molecule has 4 atom stereocenters. The number of esters is 1. The lowest BCUT2D eigenvalue weighted by atomic mass is 9.75. The molecule has 0 aromatic carbocycles. The Morgan fingerprint density at radius 1 is 1.17 bits per heavy atom. The molecule has 0 amide bonds. The maximum absolute atomic E-state index is 12.4. The van der Waals surface area contributed by atoms with E-state index in [4.69, 9.17) is 14.2 Å². The molecule has 0 aromatic heterocycles. The summed E-state index contributed by atoms with van der Waals surface area (Å²) < 4.78 is 16.9. The molecule has 4 fully saturated rings. The molecule has 0 bridgehead atoms. The van der Waals surface area contributed by atoms with Gasteiger partial charge in [0, 0.05) is 0 Å². The van der Waals surface area contributed by atoms with E-state index in [0.717, 1.165) is 25.7 Å². The second-order valence-electron chi connectivity index (χ2n) is 6.45. The normalized spacial score (nSPS) is 50.1. The Hall–Kier alpha value is -0.610. The first-order valence-electron chi connectivity index (χ1n) is 7.22. The maximum Gasteiger partial charge on any atom is 0.314 e. The fraction of sp³-hybridized carbons (Fsp3) is 0.929. The summed E-state index contributed by atoms with van der Waals surface area (Å²) in [6.45, 7) is 1.98. The van der Waals surface area contributed by atoms with E-state index in [9.17, 15) is 4.79 Å². The molecule has 4 rings (SSSR count). The molecule has 0 N–H and O–H groups in total. The summed E-state index contributed by atoms with van der Waals surface area (Å²) in [4.78, 5) is 12.4. The first kappa shape index (κ1) is 11.2. The van der Waals surface area contributed by atoms with Crippen molar-refractivity contribution in [2.75, 3.05) is 0 Å². The number of epoxide rings is 2. The van der Waals surface area contributed by atoms with Gasteiger partial charge in [-0.15, -0.1) is 0 Å². The monoisotopic (exact) mass is 252 g/mol. The molecule has 18 heavy (non-hydrogen) atoms. The second-order valence-corrected chi connectivity index (χ2v) is 6.45. The zero-order chi connectivity index (χ0) is 12.4. The van der Waals surface area contributed by atoms with E-state index in [1.54, 1.807) is 0 Å². The van der Waals surface area contributed by atoms with Crippen molar-refractivity contribution < 1.29 is 19.0 Å².